The molecule has 24 heavy (non-hydrogen) atoms. The standard InChI is InChI=1S/C16H14N4O2S2/c21-20(22)14-9-5-4-8-13(14)11-23-16-19-18-15(24-16)17-10-12-6-2-1-3-7-12/h1-9H,10-11H2,(H,17,18). The van der Waals surface area contributed by atoms with Crippen LogP contribution in [0.15, 0.2) is 58.9 Å². The van der Waals surface area contributed by atoms with Crippen molar-refractivity contribution in [2.45, 2.75) is 16.6 Å². The summed E-state index contributed by atoms with van der Waals surface area (Å²) in [5, 5.41) is 23.2. The molecule has 8 heteroatoms. The number of thioether (sulfide) groups is 1. The number of hydrogen-bond acceptors (Lipinski definition) is 7. The minimum Gasteiger partial charge on any atom is -0.356 e. The summed E-state index contributed by atoms with van der Waals surface area (Å²) in [4.78, 5) is 10.7. The number of hydrogen-bond donors (Lipinski definition) is 1. The fourth-order valence-corrected chi connectivity index (χ4v) is 3.81. The number of anilines is 1. The zero-order valence-electron chi connectivity index (χ0n) is 12.6. The summed E-state index contributed by atoms with van der Waals surface area (Å²) in [6.07, 6.45) is 0. The lowest BCUT2D eigenvalue weighted by atomic mass is 10.2. The Morgan fingerprint density at radius 1 is 1.08 bits per heavy atom. The van der Waals surface area contributed by atoms with Gasteiger partial charge in [0.05, 0.1) is 4.92 Å². The van der Waals surface area contributed by atoms with E-state index in [0.717, 1.165) is 9.47 Å². The third-order valence-corrected chi connectivity index (χ3v) is 5.30. The van der Waals surface area contributed by atoms with Crippen LogP contribution >= 0.6 is 23.1 Å². The first-order chi connectivity index (χ1) is 11.7. The number of para-hydroxylation sites is 1. The molecule has 0 aliphatic rings. The van der Waals surface area contributed by atoms with Crippen molar-refractivity contribution < 1.29 is 4.92 Å². The zero-order valence-corrected chi connectivity index (χ0v) is 14.2. The lowest BCUT2D eigenvalue weighted by Gasteiger charge is -2.01. The van der Waals surface area contributed by atoms with Gasteiger partial charge in [0.15, 0.2) is 4.34 Å². The van der Waals surface area contributed by atoms with Crippen LogP contribution in [0, 0.1) is 10.1 Å². The van der Waals surface area contributed by atoms with Crippen molar-refractivity contribution in [1.82, 2.24) is 10.2 Å². The van der Waals surface area contributed by atoms with Gasteiger partial charge in [-0.15, -0.1) is 10.2 Å². The predicted molar refractivity (Wildman–Crippen MR) is 96.3 cm³/mol. The summed E-state index contributed by atoms with van der Waals surface area (Å²) in [6, 6.07) is 16.8. The Hall–Kier alpha value is -2.45. The monoisotopic (exact) mass is 358 g/mol. The third kappa shape index (κ3) is 4.30. The molecule has 0 saturated heterocycles. The van der Waals surface area contributed by atoms with Crippen molar-refractivity contribution in [2.75, 3.05) is 5.32 Å². The molecule has 3 rings (SSSR count). The predicted octanol–water partition coefficient (Wildman–Crippen LogP) is 4.35. The molecule has 0 unspecified atom stereocenters. The maximum atomic E-state index is 11.0. The van der Waals surface area contributed by atoms with Gasteiger partial charge in [-0.3, -0.25) is 10.1 Å². The average Bonchev–Trinajstić information content (AvgIpc) is 3.07. The lowest BCUT2D eigenvalue weighted by molar-refractivity contribution is -0.385. The average molecular weight is 358 g/mol. The van der Waals surface area contributed by atoms with E-state index in [4.69, 9.17) is 0 Å². The molecule has 0 saturated carbocycles. The van der Waals surface area contributed by atoms with Crippen molar-refractivity contribution in [3.63, 3.8) is 0 Å². The van der Waals surface area contributed by atoms with Crippen LogP contribution in [-0.2, 0) is 12.3 Å². The summed E-state index contributed by atoms with van der Waals surface area (Å²) in [5.74, 6) is 0.491. The summed E-state index contributed by atoms with van der Waals surface area (Å²) in [5.41, 5.74) is 1.99. The fourth-order valence-electron chi connectivity index (χ4n) is 2.06. The van der Waals surface area contributed by atoms with Crippen molar-refractivity contribution in [2.24, 2.45) is 0 Å². The number of nitro groups is 1. The minimum atomic E-state index is -0.358. The van der Waals surface area contributed by atoms with Crippen LogP contribution in [0.1, 0.15) is 11.1 Å². The van der Waals surface area contributed by atoms with Crippen LogP contribution in [0.25, 0.3) is 0 Å². The van der Waals surface area contributed by atoms with E-state index >= 15 is 0 Å². The highest BCUT2D eigenvalue weighted by Gasteiger charge is 2.13. The van der Waals surface area contributed by atoms with E-state index in [0.29, 0.717) is 17.9 Å². The molecule has 0 bridgehead atoms. The first-order valence-corrected chi connectivity index (χ1v) is 8.99. The van der Waals surface area contributed by atoms with E-state index in [1.165, 1.54) is 34.7 Å². The summed E-state index contributed by atoms with van der Waals surface area (Å²) >= 11 is 2.89. The summed E-state index contributed by atoms with van der Waals surface area (Å²) in [6.45, 7) is 0.685. The van der Waals surface area contributed by atoms with Crippen molar-refractivity contribution in [1.29, 1.82) is 0 Å². The Kier molecular flexibility index (Phi) is 5.39. The Labute approximate surface area is 147 Å². The Balaban J connectivity index is 1.58. The molecule has 2 aromatic carbocycles. The number of nitrogens with zero attached hydrogens (tertiary/aromatic N) is 3. The van der Waals surface area contributed by atoms with E-state index < -0.39 is 0 Å². The molecule has 3 aromatic rings. The van der Waals surface area contributed by atoms with Crippen LogP contribution in [0.3, 0.4) is 0 Å². The highest BCUT2D eigenvalue weighted by Crippen LogP contribution is 2.31. The first kappa shape index (κ1) is 16.4. The second kappa shape index (κ2) is 7.89. The molecule has 0 aliphatic carbocycles. The van der Waals surface area contributed by atoms with Crippen LogP contribution in [0.4, 0.5) is 10.8 Å². The lowest BCUT2D eigenvalue weighted by Crippen LogP contribution is -1.98. The number of nitro benzene ring substituents is 1. The second-order valence-corrected chi connectivity index (χ2v) is 7.09. The van der Waals surface area contributed by atoms with E-state index in [1.54, 1.807) is 18.2 Å². The van der Waals surface area contributed by atoms with Crippen LogP contribution in [0.2, 0.25) is 0 Å². The molecule has 0 atom stereocenters. The van der Waals surface area contributed by atoms with E-state index in [1.807, 2.05) is 30.3 Å². The normalized spacial score (nSPS) is 10.5. The van der Waals surface area contributed by atoms with Gasteiger partial charge in [-0.05, 0) is 5.56 Å². The maximum Gasteiger partial charge on any atom is 0.273 e. The van der Waals surface area contributed by atoms with Crippen LogP contribution < -0.4 is 5.32 Å². The quantitative estimate of drug-likeness (QED) is 0.384. The fraction of sp³-hybridized carbons (Fsp3) is 0.125. The Morgan fingerprint density at radius 2 is 1.83 bits per heavy atom. The van der Waals surface area contributed by atoms with Crippen LogP contribution in [0.5, 0.6) is 0 Å². The second-order valence-electron chi connectivity index (χ2n) is 4.89. The highest BCUT2D eigenvalue weighted by atomic mass is 32.2. The number of benzene rings is 2. The summed E-state index contributed by atoms with van der Waals surface area (Å²) < 4.78 is 0.781. The van der Waals surface area contributed by atoms with Crippen LogP contribution in [-0.4, -0.2) is 15.1 Å². The van der Waals surface area contributed by atoms with Gasteiger partial charge in [-0.2, -0.15) is 0 Å². The summed E-state index contributed by atoms with van der Waals surface area (Å²) in [7, 11) is 0. The SMILES string of the molecule is O=[N+]([O-])c1ccccc1CSc1nnc(NCc2ccccc2)s1. The van der Waals surface area contributed by atoms with Crippen molar-refractivity contribution in [3.05, 3.63) is 75.8 Å². The molecule has 1 N–H and O–H groups in total. The molecular weight excluding hydrogens is 344 g/mol. The Morgan fingerprint density at radius 3 is 2.62 bits per heavy atom. The molecule has 1 heterocycles. The number of nitrogens with one attached hydrogen (secondary N) is 1. The third-order valence-electron chi connectivity index (χ3n) is 3.23. The van der Waals surface area contributed by atoms with Gasteiger partial charge in [-0.25, -0.2) is 0 Å². The van der Waals surface area contributed by atoms with E-state index in [-0.39, 0.29) is 10.6 Å². The van der Waals surface area contributed by atoms with Gasteiger partial charge in [0.1, 0.15) is 0 Å². The smallest absolute Gasteiger partial charge is 0.273 e. The van der Waals surface area contributed by atoms with Crippen molar-refractivity contribution in [3.8, 4) is 0 Å². The maximum absolute atomic E-state index is 11.0. The molecule has 6 nitrogen and oxygen atoms in total. The van der Waals surface area contributed by atoms with Gasteiger partial charge in [-0.1, -0.05) is 71.6 Å². The molecule has 0 amide bonds. The number of rotatable bonds is 7. The van der Waals surface area contributed by atoms with Gasteiger partial charge in [0.25, 0.3) is 5.69 Å². The molecule has 0 spiro atoms. The van der Waals surface area contributed by atoms with Gasteiger partial charge in [0.2, 0.25) is 5.13 Å². The van der Waals surface area contributed by atoms with Gasteiger partial charge >= 0.3 is 0 Å². The Bertz CT molecular complexity index is 824. The molecule has 0 fully saturated rings. The van der Waals surface area contributed by atoms with Gasteiger partial charge < -0.3 is 5.32 Å². The molecule has 1 aromatic heterocycles. The molecule has 0 radical (unpaired) electrons. The number of aromatic nitrogens is 2. The van der Waals surface area contributed by atoms with Crippen molar-refractivity contribution >= 4 is 33.9 Å². The van der Waals surface area contributed by atoms with E-state index in [9.17, 15) is 10.1 Å². The zero-order chi connectivity index (χ0) is 16.8. The highest BCUT2D eigenvalue weighted by molar-refractivity contribution is 8.00. The minimum absolute atomic E-state index is 0.136. The van der Waals surface area contributed by atoms with Gasteiger partial charge in [0, 0.05) is 23.9 Å². The van der Waals surface area contributed by atoms with E-state index in [2.05, 4.69) is 15.5 Å². The molecule has 122 valence electrons. The molecule has 0 aliphatic heterocycles. The first-order valence-electron chi connectivity index (χ1n) is 7.19. The topological polar surface area (TPSA) is 81.0 Å². The largest absolute Gasteiger partial charge is 0.356 e. The molecular formula is C16H14N4O2S2.